The second-order valence-electron chi connectivity index (χ2n) is 7.44. The van der Waals surface area contributed by atoms with Gasteiger partial charge in [0.1, 0.15) is 5.52 Å². The number of nitrogens with one attached hydrogen (secondary N) is 1. The van der Waals surface area contributed by atoms with E-state index in [1.165, 1.54) is 0 Å². The number of nitrogen functional groups attached to an aromatic ring is 1. The third-order valence-corrected chi connectivity index (χ3v) is 5.65. The number of aromatic nitrogens is 3. The van der Waals surface area contributed by atoms with Crippen LogP contribution in [0.15, 0.2) is 54.2 Å². The van der Waals surface area contributed by atoms with Gasteiger partial charge in [0.05, 0.1) is 30.0 Å². The summed E-state index contributed by atoms with van der Waals surface area (Å²) in [4.78, 5) is 20.9. The minimum atomic E-state index is -1.02. The standard InChI is InChI=1S/C22H26N6O3/c1-30-17-10-9-15(21(24)29)22(27-17,31-2)11-5-6-12-28-13-25-18-19(28)14-7-3-4-8-16(14)26-20(18)23/h3-4,7-10,13,27H,5-6,11-12H2,1-2H3,(H2,23,26)(H2,24,29). The Labute approximate surface area is 179 Å². The van der Waals surface area contributed by atoms with Crippen molar-refractivity contribution in [3.05, 3.63) is 54.2 Å². The molecule has 1 unspecified atom stereocenters. The van der Waals surface area contributed by atoms with Gasteiger partial charge in [-0.15, -0.1) is 0 Å². The number of primary amides is 1. The van der Waals surface area contributed by atoms with Gasteiger partial charge in [-0.3, -0.25) is 4.79 Å². The number of allylic oxidation sites excluding steroid dienone is 2. The van der Waals surface area contributed by atoms with Crippen molar-refractivity contribution < 1.29 is 14.3 Å². The number of imidazole rings is 1. The number of rotatable bonds is 8. The molecule has 3 heterocycles. The number of para-hydroxylation sites is 1. The van der Waals surface area contributed by atoms with Crippen molar-refractivity contribution in [3.8, 4) is 0 Å². The molecule has 1 aliphatic rings. The number of dihydropyridines is 1. The third kappa shape index (κ3) is 3.68. The summed E-state index contributed by atoms with van der Waals surface area (Å²) < 4.78 is 13.1. The van der Waals surface area contributed by atoms with E-state index >= 15 is 0 Å². The van der Waals surface area contributed by atoms with E-state index in [-0.39, 0.29) is 0 Å². The Bertz CT molecular complexity index is 1200. The molecule has 1 aromatic carbocycles. The highest BCUT2D eigenvalue weighted by Gasteiger charge is 2.39. The Morgan fingerprint density at radius 1 is 1.23 bits per heavy atom. The van der Waals surface area contributed by atoms with Gasteiger partial charge in [0, 0.05) is 19.0 Å². The number of anilines is 1. The molecule has 0 saturated heterocycles. The second-order valence-corrected chi connectivity index (χ2v) is 7.44. The number of ether oxygens (including phenoxy) is 2. The van der Waals surface area contributed by atoms with E-state index in [2.05, 4.69) is 19.9 Å². The van der Waals surface area contributed by atoms with Crippen LogP contribution in [0.25, 0.3) is 21.9 Å². The molecule has 2 aromatic heterocycles. The first-order chi connectivity index (χ1) is 15.0. The van der Waals surface area contributed by atoms with Crippen molar-refractivity contribution in [3.63, 3.8) is 0 Å². The largest absolute Gasteiger partial charge is 0.482 e. The van der Waals surface area contributed by atoms with Crippen LogP contribution in [0.2, 0.25) is 0 Å². The lowest BCUT2D eigenvalue weighted by molar-refractivity contribution is -0.119. The summed E-state index contributed by atoms with van der Waals surface area (Å²) >= 11 is 0. The van der Waals surface area contributed by atoms with Gasteiger partial charge in [-0.05, 0) is 37.5 Å². The SMILES string of the molecule is COC1=CC=C(C(N)=O)C(CCCCn2cnc3c(N)nc4ccccc4c32)(OC)N1. The predicted octanol–water partition coefficient (Wildman–Crippen LogP) is 2.18. The second kappa shape index (κ2) is 8.27. The molecular formula is C22H26N6O3. The van der Waals surface area contributed by atoms with E-state index in [4.69, 9.17) is 20.9 Å². The Morgan fingerprint density at radius 2 is 2.03 bits per heavy atom. The number of carbonyl (C=O) groups excluding carboxylic acids is 1. The molecule has 162 valence electrons. The van der Waals surface area contributed by atoms with E-state index in [0.717, 1.165) is 35.8 Å². The molecule has 1 amide bonds. The summed E-state index contributed by atoms with van der Waals surface area (Å²) in [6.07, 6.45) is 7.23. The summed E-state index contributed by atoms with van der Waals surface area (Å²) in [6.45, 7) is 0.729. The van der Waals surface area contributed by atoms with Gasteiger partial charge >= 0.3 is 0 Å². The molecule has 1 aliphatic heterocycles. The number of fused-ring (bicyclic) bond motifs is 3. The van der Waals surface area contributed by atoms with E-state index in [0.29, 0.717) is 29.2 Å². The average molecular weight is 422 g/mol. The van der Waals surface area contributed by atoms with Crippen molar-refractivity contribution >= 4 is 33.7 Å². The maximum atomic E-state index is 12.0. The predicted molar refractivity (Wildman–Crippen MR) is 119 cm³/mol. The van der Waals surface area contributed by atoms with Gasteiger partial charge in [0.25, 0.3) is 0 Å². The van der Waals surface area contributed by atoms with Crippen LogP contribution >= 0.6 is 0 Å². The molecule has 5 N–H and O–H groups in total. The molecule has 0 saturated carbocycles. The molecule has 3 aromatic rings. The van der Waals surface area contributed by atoms with Crippen LogP contribution in [0.4, 0.5) is 5.82 Å². The molecule has 4 rings (SSSR count). The lowest BCUT2D eigenvalue weighted by Gasteiger charge is -2.37. The van der Waals surface area contributed by atoms with Crippen LogP contribution < -0.4 is 16.8 Å². The summed E-state index contributed by atoms with van der Waals surface area (Å²) in [7, 11) is 3.10. The number of nitrogens with zero attached hydrogens (tertiary/aromatic N) is 3. The van der Waals surface area contributed by atoms with Crippen molar-refractivity contribution in [2.75, 3.05) is 20.0 Å². The summed E-state index contributed by atoms with van der Waals surface area (Å²) in [5.41, 5.74) is 13.6. The summed E-state index contributed by atoms with van der Waals surface area (Å²) in [5, 5.41) is 4.17. The van der Waals surface area contributed by atoms with Gasteiger partial charge in [-0.1, -0.05) is 18.2 Å². The number of hydrogen-bond acceptors (Lipinski definition) is 7. The van der Waals surface area contributed by atoms with Crippen LogP contribution in [0.5, 0.6) is 0 Å². The van der Waals surface area contributed by atoms with Gasteiger partial charge in [-0.25, -0.2) is 9.97 Å². The molecule has 1 atom stereocenters. The fourth-order valence-electron chi connectivity index (χ4n) is 4.09. The number of amides is 1. The Balaban J connectivity index is 1.52. The monoisotopic (exact) mass is 422 g/mol. The van der Waals surface area contributed by atoms with Crippen LogP contribution in [-0.4, -0.2) is 40.4 Å². The van der Waals surface area contributed by atoms with Crippen LogP contribution in [-0.2, 0) is 20.8 Å². The molecular weight excluding hydrogens is 396 g/mol. The highest BCUT2D eigenvalue weighted by molar-refractivity contribution is 6.06. The third-order valence-electron chi connectivity index (χ3n) is 5.65. The van der Waals surface area contributed by atoms with Crippen LogP contribution in [0.3, 0.4) is 0 Å². The first-order valence-corrected chi connectivity index (χ1v) is 10.1. The van der Waals surface area contributed by atoms with Gasteiger partial charge in [0.2, 0.25) is 5.91 Å². The van der Waals surface area contributed by atoms with Gasteiger partial charge in [-0.2, -0.15) is 0 Å². The molecule has 9 heteroatoms. The Morgan fingerprint density at radius 3 is 2.77 bits per heavy atom. The molecule has 0 bridgehead atoms. The quantitative estimate of drug-likeness (QED) is 0.474. The van der Waals surface area contributed by atoms with Gasteiger partial charge < -0.3 is 30.8 Å². The van der Waals surface area contributed by atoms with Crippen LogP contribution in [0, 0.1) is 0 Å². The summed E-state index contributed by atoms with van der Waals surface area (Å²) in [5.74, 6) is 0.407. The van der Waals surface area contributed by atoms with E-state index < -0.39 is 11.6 Å². The number of unbranched alkanes of at least 4 members (excludes halogenated alkanes) is 1. The average Bonchev–Trinajstić information content (AvgIpc) is 3.21. The maximum Gasteiger partial charge on any atom is 0.249 e. The fraction of sp³-hybridized carbons (Fsp3) is 0.318. The number of nitrogens with two attached hydrogens (primary N) is 2. The lowest BCUT2D eigenvalue weighted by Crippen LogP contribution is -2.53. The van der Waals surface area contributed by atoms with E-state index in [9.17, 15) is 4.79 Å². The van der Waals surface area contributed by atoms with Crippen molar-refractivity contribution in [1.82, 2.24) is 19.9 Å². The zero-order valence-electron chi connectivity index (χ0n) is 17.6. The highest BCUT2D eigenvalue weighted by atomic mass is 16.5. The van der Waals surface area contributed by atoms with E-state index in [1.54, 1.807) is 32.7 Å². The number of aryl methyl sites for hydroxylation is 1. The normalized spacial score (nSPS) is 18.5. The Hall–Kier alpha value is -3.59. The zero-order chi connectivity index (χ0) is 22.0. The minimum absolute atomic E-state index is 0.369. The number of pyridine rings is 1. The fourth-order valence-corrected chi connectivity index (χ4v) is 4.09. The number of benzene rings is 1. The van der Waals surface area contributed by atoms with E-state index in [1.807, 2.05) is 24.3 Å². The van der Waals surface area contributed by atoms with Gasteiger partial charge in [0.15, 0.2) is 17.4 Å². The first kappa shape index (κ1) is 20.7. The number of hydrogen-bond donors (Lipinski definition) is 3. The smallest absolute Gasteiger partial charge is 0.249 e. The zero-order valence-corrected chi connectivity index (χ0v) is 17.6. The number of methoxy groups -OCH3 is 2. The molecule has 0 spiro atoms. The molecule has 9 nitrogen and oxygen atoms in total. The van der Waals surface area contributed by atoms with Crippen molar-refractivity contribution in [2.45, 2.75) is 31.5 Å². The maximum absolute atomic E-state index is 12.0. The Kier molecular flexibility index (Phi) is 5.51. The van der Waals surface area contributed by atoms with Crippen LogP contribution in [0.1, 0.15) is 19.3 Å². The molecule has 31 heavy (non-hydrogen) atoms. The molecule has 0 aliphatic carbocycles. The highest BCUT2D eigenvalue weighted by Crippen LogP contribution is 2.30. The summed E-state index contributed by atoms with van der Waals surface area (Å²) in [6, 6.07) is 7.89. The minimum Gasteiger partial charge on any atom is -0.482 e. The molecule has 0 radical (unpaired) electrons. The van der Waals surface area contributed by atoms with Crippen molar-refractivity contribution in [2.24, 2.45) is 5.73 Å². The van der Waals surface area contributed by atoms with Crippen molar-refractivity contribution in [1.29, 1.82) is 0 Å². The lowest BCUT2D eigenvalue weighted by atomic mass is 9.93. The topological polar surface area (TPSA) is 130 Å². The number of carbonyl (C=O) groups is 1. The first-order valence-electron chi connectivity index (χ1n) is 10.1. The molecule has 0 fully saturated rings.